The first kappa shape index (κ1) is 10.1. The maximum atomic E-state index is 10.0. The maximum absolute atomic E-state index is 10.0. The van der Waals surface area contributed by atoms with Crippen LogP contribution in [0.1, 0.15) is 20.8 Å². The highest BCUT2D eigenvalue weighted by molar-refractivity contribution is 5.18. The molecule has 0 N–H and O–H groups in total. The van der Waals surface area contributed by atoms with Crippen molar-refractivity contribution in [3.8, 4) is 0 Å². The molecule has 0 radical (unpaired) electrons. The van der Waals surface area contributed by atoms with E-state index in [1.165, 1.54) is 0 Å². The van der Waals surface area contributed by atoms with E-state index in [0.717, 1.165) is 11.1 Å². The Hall–Kier alpha value is -0.920. The van der Waals surface area contributed by atoms with E-state index in [4.69, 9.17) is 0 Å². The summed E-state index contributed by atoms with van der Waals surface area (Å²) in [6.45, 7) is 9.94. The molecule has 0 saturated heterocycles. The molecule has 2 heteroatoms. The smallest absolute Gasteiger partial charge is 0.103 e. The van der Waals surface area contributed by atoms with Gasteiger partial charge in [0.1, 0.15) is 6.54 Å². The van der Waals surface area contributed by atoms with Crippen LogP contribution in [0.4, 0.5) is 0 Å². The van der Waals surface area contributed by atoms with E-state index < -0.39 is 0 Å². The standard InChI is InChI=1S/C9H15NO/c1-5-8(4)9(6-10-11)7(2)3/h5,8H,1,6H2,2-4H3/t8-/m0/s1. The lowest BCUT2D eigenvalue weighted by atomic mass is 9.97. The second-order valence-electron chi connectivity index (χ2n) is 2.84. The Kier molecular flexibility index (Phi) is 4.42. The number of hydrogen-bond acceptors (Lipinski definition) is 2. The molecule has 0 aromatic heterocycles. The Morgan fingerprint density at radius 3 is 2.45 bits per heavy atom. The SMILES string of the molecule is C=C[C@H](C)C(CN=O)=C(C)C. The van der Waals surface area contributed by atoms with E-state index in [2.05, 4.69) is 11.8 Å². The molecule has 11 heavy (non-hydrogen) atoms. The van der Waals surface area contributed by atoms with Crippen molar-refractivity contribution in [2.75, 3.05) is 6.54 Å². The molecule has 0 aliphatic rings. The Morgan fingerprint density at radius 1 is 1.64 bits per heavy atom. The summed E-state index contributed by atoms with van der Waals surface area (Å²) in [4.78, 5) is 10.0. The number of nitrogens with zero attached hydrogens (tertiary/aromatic N) is 1. The average molecular weight is 153 g/mol. The van der Waals surface area contributed by atoms with Crippen LogP contribution in [0.15, 0.2) is 29.0 Å². The number of hydrogen-bond donors (Lipinski definition) is 0. The quantitative estimate of drug-likeness (QED) is 0.451. The lowest BCUT2D eigenvalue weighted by Gasteiger charge is -2.09. The largest absolute Gasteiger partial charge is 0.150 e. The summed E-state index contributed by atoms with van der Waals surface area (Å²) in [6, 6.07) is 0. The van der Waals surface area contributed by atoms with Gasteiger partial charge in [-0.1, -0.05) is 23.7 Å². The van der Waals surface area contributed by atoms with Crippen molar-refractivity contribution in [3.05, 3.63) is 28.7 Å². The van der Waals surface area contributed by atoms with Crippen LogP contribution in [0.3, 0.4) is 0 Å². The molecule has 1 atom stereocenters. The lowest BCUT2D eigenvalue weighted by molar-refractivity contribution is 0.810. The van der Waals surface area contributed by atoms with Gasteiger partial charge in [0, 0.05) is 0 Å². The summed E-state index contributed by atoms with van der Waals surface area (Å²) in [6.07, 6.45) is 1.83. The third-order valence-electron chi connectivity index (χ3n) is 1.78. The number of rotatable bonds is 4. The molecular weight excluding hydrogens is 138 g/mol. The number of allylic oxidation sites excluding steroid dienone is 2. The van der Waals surface area contributed by atoms with Crippen molar-refractivity contribution in [1.82, 2.24) is 0 Å². The lowest BCUT2D eigenvalue weighted by Crippen LogP contribution is -2.00. The third kappa shape index (κ3) is 3.12. The first-order valence-electron chi connectivity index (χ1n) is 3.71. The Morgan fingerprint density at radius 2 is 2.18 bits per heavy atom. The summed E-state index contributed by atoms with van der Waals surface area (Å²) in [7, 11) is 0. The molecule has 0 spiro atoms. The van der Waals surface area contributed by atoms with Gasteiger partial charge in [-0.2, -0.15) is 4.91 Å². The van der Waals surface area contributed by atoms with Crippen molar-refractivity contribution in [3.63, 3.8) is 0 Å². The van der Waals surface area contributed by atoms with Gasteiger partial charge in [-0.25, -0.2) is 0 Å². The van der Waals surface area contributed by atoms with E-state index in [1.54, 1.807) is 0 Å². The second kappa shape index (κ2) is 4.83. The molecule has 0 aliphatic carbocycles. The molecule has 0 aromatic rings. The molecule has 0 aromatic carbocycles. The van der Waals surface area contributed by atoms with Crippen LogP contribution in [-0.4, -0.2) is 6.54 Å². The minimum atomic E-state index is 0.262. The molecule has 0 rings (SSSR count). The monoisotopic (exact) mass is 153 g/mol. The van der Waals surface area contributed by atoms with Crippen LogP contribution in [0, 0.1) is 10.8 Å². The van der Waals surface area contributed by atoms with E-state index in [1.807, 2.05) is 26.8 Å². The van der Waals surface area contributed by atoms with Gasteiger partial charge in [-0.3, -0.25) is 0 Å². The molecule has 0 amide bonds. The minimum Gasteiger partial charge on any atom is -0.150 e. The zero-order chi connectivity index (χ0) is 8.85. The van der Waals surface area contributed by atoms with Gasteiger partial charge in [0.2, 0.25) is 0 Å². The summed E-state index contributed by atoms with van der Waals surface area (Å²) < 4.78 is 0. The van der Waals surface area contributed by atoms with Gasteiger partial charge >= 0.3 is 0 Å². The van der Waals surface area contributed by atoms with Gasteiger partial charge in [0.15, 0.2) is 0 Å². The summed E-state index contributed by atoms with van der Waals surface area (Å²) in [5.74, 6) is 0.262. The first-order valence-corrected chi connectivity index (χ1v) is 3.71. The van der Waals surface area contributed by atoms with Crippen LogP contribution in [-0.2, 0) is 0 Å². The molecule has 0 bridgehead atoms. The molecule has 62 valence electrons. The maximum Gasteiger partial charge on any atom is 0.103 e. The Bertz CT molecular complexity index is 178. The first-order chi connectivity index (χ1) is 5.13. The van der Waals surface area contributed by atoms with Crippen molar-refractivity contribution in [2.45, 2.75) is 20.8 Å². The average Bonchev–Trinajstić information content (AvgIpc) is 1.98. The highest BCUT2D eigenvalue weighted by Crippen LogP contribution is 2.15. The highest BCUT2D eigenvalue weighted by atomic mass is 16.3. The van der Waals surface area contributed by atoms with E-state index in [0.29, 0.717) is 0 Å². The molecule has 0 unspecified atom stereocenters. The summed E-state index contributed by atoms with van der Waals surface area (Å²) in [5, 5.41) is 2.87. The van der Waals surface area contributed by atoms with Crippen LogP contribution in [0.25, 0.3) is 0 Å². The highest BCUT2D eigenvalue weighted by Gasteiger charge is 2.05. The van der Waals surface area contributed by atoms with E-state index in [-0.39, 0.29) is 12.5 Å². The fourth-order valence-electron chi connectivity index (χ4n) is 0.969. The summed E-state index contributed by atoms with van der Waals surface area (Å²) in [5.41, 5.74) is 2.24. The zero-order valence-corrected chi connectivity index (χ0v) is 7.42. The van der Waals surface area contributed by atoms with Crippen LogP contribution < -0.4 is 0 Å². The molecule has 0 aliphatic heterocycles. The molecule has 2 nitrogen and oxygen atoms in total. The van der Waals surface area contributed by atoms with E-state index >= 15 is 0 Å². The summed E-state index contributed by atoms with van der Waals surface area (Å²) >= 11 is 0. The number of nitroso groups, excluding NO2 is 1. The second-order valence-corrected chi connectivity index (χ2v) is 2.84. The molecule has 0 fully saturated rings. The Labute approximate surface area is 68.0 Å². The third-order valence-corrected chi connectivity index (χ3v) is 1.78. The van der Waals surface area contributed by atoms with Crippen LogP contribution >= 0.6 is 0 Å². The van der Waals surface area contributed by atoms with Crippen LogP contribution in [0.2, 0.25) is 0 Å². The van der Waals surface area contributed by atoms with Crippen molar-refractivity contribution < 1.29 is 0 Å². The van der Waals surface area contributed by atoms with Crippen molar-refractivity contribution >= 4 is 0 Å². The minimum absolute atomic E-state index is 0.262. The molecule has 0 saturated carbocycles. The fourth-order valence-corrected chi connectivity index (χ4v) is 0.969. The molecule has 0 heterocycles. The van der Waals surface area contributed by atoms with Gasteiger partial charge in [0.25, 0.3) is 0 Å². The van der Waals surface area contributed by atoms with Crippen LogP contribution in [0.5, 0.6) is 0 Å². The Balaban J connectivity index is 4.46. The normalized spacial score (nSPS) is 11.9. The van der Waals surface area contributed by atoms with Gasteiger partial charge in [0.05, 0.1) is 0 Å². The van der Waals surface area contributed by atoms with Gasteiger partial charge < -0.3 is 0 Å². The van der Waals surface area contributed by atoms with Crippen molar-refractivity contribution in [2.24, 2.45) is 11.1 Å². The predicted molar refractivity (Wildman–Crippen MR) is 48.4 cm³/mol. The zero-order valence-electron chi connectivity index (χ0n) is 7.42. The van der Waals surface area contributed by atoms with Gasteiger partial charge in [-0.05, 0) is 25.3 Å². The van der Waals surface area contributed by atoms with E-state index in [9.17, 15) is 4.91 Å². The predicted octanol–water partition coefficient (Wildman–Crippen LogP) is 2.91. The van der Waals surface area contributed by atoms with Crippen molar-refractivity contribution in [1.29, 1.82) is 0 Å². The van der Waals surface area contributed by atoms with Gasteiger partial charge in [-0.15, -0.1) is 6.58 Å². The topological polar surface area (TPSA) is 29.4 Å². The fraction of sp³-hybridized carbons (Fsp3) is 0.556. The molecular formula is C9H15NO.